The van der Waals surface area contributed by atoms with Crippen LogP contribution in [-0.4, -0.2) is 98.3 Å². The number of carbonyl (C=O) groups excluding carboxylic acids is 2. The summed E-state index contributed by atoms with van der Waals surface area (Å²) in [6.45, 7) is 7.44. The third kappa shape index (κ3) is 17.8. The number of hydrogen-bond donors (Lipinski definition) is 1. The van der Waals surface area contributed by atoms with E-state index in [9.17, 15) is 9.59 Å². The van der Waals surface area contributed by atoms with Gasteiger partial charge in [0.25, 0.3) is 0 Å². The molecule has 0 aliphatic heterocycles. The van der Waals surface area contributed by atoms with Crippen molar-refractivity contribution in [2.24, 2.45) is 0 Å². The van der Waals surface area contributed by atoms with E-state index in [0.29, 0.717) is 71.6 Å². The first-order chi connectivity index (χ1) is 17.2. The summed E-state index contributed by atoms with van der Waals surface area (Å²) in [5.74, 6) is -0.654. The minimum Gasteiger partial charge on any atom is -0.469 e. The van der Waals surface area contributed by atoms with Gasteiger partial charge in [-0.2, -0.15) is 0 Å². The Labute approximate surface area is 208 Å². The summed E-state index contributed by atoms with van der Waals surface area (Å²) >= 11 is 0. The number of hydrogen-bond acceptors (Lipinski definition) is 10. The Bertz CT molecular complexity index is 655. The molecular formula is C25H41NO9. The van der Waals surface area contributed by atoms with E-state index in [1.54, 1.807) is 12.1 Å². The topological polar surface area (TPSA) is 111 Å². The van der Waals surface area contributed by atoms with Gasteiger partial charge >= 0.3 is 11.9 Å². The number of unbranched alkanes of at least 4 members (excludes halogenated alkanes) is 1. The third-order valence-corrected chi connectivity index (χ3v) is 4.61. The molecule has 0 spiro atoms. The van der Waals surface area contributed by atoms with Crippen molar-refractivity contribution in [1.29, 1.82) is 0 Å². The lowest BCUT2D eigenvalue weighted by Gasteiger charge is -2.09. The van der Waals surface area contributed by atoms with E-state index in [1.165, 1.54) is 7.11 Å². The van der Waals surface area contributed by atoms with Crippen LogP contribution >= 0.6 is 0 Å². The van der Waals surface area contributed by atoms with E-state index >= 15 is 0 Å². The second kappa shape index (κ2) is 22.2. The first-order valence-electron chi connectivity index (χ1n) is 12.1. The molecule has 0 saturated carbocycles. The molecule has 1 rings (SSSR count). The quantitative estimate of drug-likeness (QED) is 0.178. The molecule has 1 aromatic carbocycles. The average molecular weight is 500 g/mol. The summed E-state index contributed by atoms with van der Waals surface area (Å²) in [6.07, 6.45) is 2.49. The van der Waals surface area contributed by atoms with Crippen molar-refractivity contribution < 1.29 is 42.7 Å². The smallest absolute Gasteiger partial charge is 0.338 e. The van der Waals surface area contributed by atoms with E-state index < -0.39 is 0 Å². The fourth-order valence-electron chi connectivity index (χ4n) is 2.65. The van der Waals surface area contributed by atoms with Crippen LogP contribution in [0.3, 0.4) is 0 Å². The number of nitrogens with one attached hydrogen (secondary N) is 1. The van der Waals surface area contributed by atoms with Gasteiger partial charge in [0.15, 0.2) is 0 Å². The lowest BCUT2D eigenvalue weighted by molar-refractivity contribution is -0.141. The molecule has 35 heavy (non-hydrogen) atoms. The molecule has 10 heteroatoms. The van der Waals surface area contributed by atoms with Crippen molar-refractivity contribution in [3.8, 4) is 0 Å². The van der Waals surface area contributed by atoms with Crippen LogP contribution in [0.5, 0.6) is 0 Å². The van der Waals surface area contributed by atoms with Crippen LogP contribution in [0.2, 0.25) is 0 Å². The zero-order chi connectivity index (χ0) is 25.4. The van der Waals surface area contributed by atoms with Crippen LogP contribution in [0.15, 0.2) is 24.3 Å². The fourth-order valence-corrected chi connectivity index (χ4v) is 2.65. The number of rotatable bonds is 23. The number of carbonyl (C=O) groups is 2. The fraction of sp³-hybridized carbons (Fsp3) is 0.680. The third-order valence-electron chi connectivity index (χ3n) is 4.61. The number of esters is 2. The van der Waals surface area contributed by atoms with E-state index in [2.05, 4.69) is 17.0 Å². The molecular weight excluding hydrogens is 458 g/mol. The van der Waals surface area contributed by atoms with Gasteiger partial charge in [-0.05, 0) is 30.7 Å². The van der Waals surface area contributed by atoms with Gasteiger partial charge in [0.2, 0.25) is 0 Å². The summed E-state index contributed by atoms with van der Waals surface area (Å²) in [6, 6.07) is 7.26. The monoisotopic (exact) mass is 499 g/mol. The highest BCUT2D eigenvalue weighted by molar-refractivity contribution is 5.89. The molecule has 0 amide bonds. The average Bonchev–Trinajstić information content (AvgIpc) is 2.88. The number of ether oxygens (including phenoxy) is 7. The van der Waals surface area contributed by atoms with Crippen molar-refractivity contribution in [2.75, 3.05) is 91.6 Å². The number of methoxy groups -OCH3 is 1. The van der Waals surface area contributed by atoms with Crippen molar-refractivity contribution >= 4 is 17.6 Å². The molecule has 1 aromatic rings. The molecule has 0 aliphatic carbocycles. The first-order valence-corrected chi connectivity index (χ1v) is 12.1. The lowest BCUT2D eigenvalue weighted by Crippen LogP contribution is -2.15. The Morgan fingerprint density at radius 2 is 1.20 bits per heavy atom. The lowest BCUT2D eigenvalue weighted by atomic mass is 10.2. The summed E-state index contributed by atoms with van der Waals surface area (Å²) in [5, 5.41) is 3.31. The molecule has 200 valence electrons. The van der Waals surface area contributed by atoms with Gasteiger partial charge in [-0.3, -0.25) is 4.79 Å². The summed E-state index contributed by atoms with van der Waals surface area (Å²) in [4.78, 5) is 22.9. The highest BCUT2D eigenvalue weighted by atomic mass is 16.6. The predicted octanol–water partition coefficient (Wildman–Crippen LogP) is 2.70. The molecule has 10 nitrogen and oxygen atoms in total. The Kier molecular flexibility index (Phi) is 19.6. The zero-order valence-corrected chi connectivity index (χ0v) is 21.1. The van der Waals surface area contributed by atoms with E-state index in [-0.39, 0.29) is 25.0 Å². The van der Waals surface area contributed by atoms with E-state index in [1.807, 2.05) is 12.1 Å². The first kappa shape index (κ1) is 30.8. The molecule has 0 unspecified atom stereocenters. The maximum Gasteiger partial charge on any atom is 0.338 e. The van der Waals surface area contributed by atoms with Crippen LogP contribution in [0.1, 0.15) is 36.5 Å². The maximum absolute atomic E-state index is 12.0. The summed E-state index contributed by atoms with van der Waals surface area (Å²) < 4.78 is 36.5. The van der Waals surface area contributed by atoms with Crippen LogP contribution in [0, 0.1) is 0 Å². The molecule has 0 bridgehead atoms. The van der Waals surface area contributed by atoms with Crippen LogP contribution in [0.25, 0.3) is 0 Å². The molecule has 0 radical (unpaired) electrons. The standard InChI is InChI=1S/C25H41NO9/c1-3-4-10-26-23-7-5-22(6-8-23)25(28)35-21-20-34-19-18-33-17-16-32-15-14-31-13-12-30-11-9-24(27)29-2/h5-8,26H,3-4,9-21H2,1-2H3. The number of benzene rings is 1. The molecule has 0 heterocycles. The Balaban J connectivity index is 1.83. The predicted molar refractivity (Wildman–Crippen MR) is 131 cm³/mol. The second-order valence-corrected chi connectivity index (χ2v) is 7.38. The van der Waals surface area contributed by atoms with Gasteiger partial charge in [-0.25, -0.2) is 4.79 Å². The molecule has 1 N–H and O–H groups in total. The van der Waals surface area contributed by atoms with Crippen molar-refractivity contribution in [1.82, 2.24) is 0 Å². The summed E-state index contributed by atoms with van der Waals surface area (Å²) in [5.41, 5.74) is 1.51. The van der Waals surface area contributed by atoms with Gasteiger partial charge < -0.3 is 38.5 Å². The van der Waals surface area contributed by atoms with Crippen LogP contribution in [0.4, 0.5) is 5.69 Å². The molecule has 0 fully saturated rings. The normalized spacial score (nSPS) is 10.8. The van der Waals surface area contributed by atoms with Crippen molar-refractivity contribution in [3.05, 3.63) is 29.8 Å². The molecule has 0 aromatic heterocycles. The van der Waals surface area contributed by atoms with Gasteiger partial charge in [-0.1, -0.05) is 13.3 Å². The minimum atomic E-state index is -0.364. The van der Waals surface area contributed by atoms with Gasteiger partial charge in [0, 0.05) is 12.2 Å². The highest BCUT2D eigenvalue weighted by Gasteiger charge is 2.06. The van der Waals surface area contributed by atoms with E-state index in [0.717, 1.165) is 25.1 Å². The zero-order valence-electron chi connectivity index (χ0n) is 21.1. The van der Waals surface area contributed by atoms with Crippen molar-refractivity contribution in [3.63, 3.8) is 0 Å². The molecule has 0 saturated heterocycles. The van der Waals surface area contributed by atoms with Gasteiger partial charge in [-0.15, -0.1) is 0 Å². The maximum atomic E-state index is 12.0. The van der Waals surface area contributed by atoms with Crippen LogP contribution < -0.4 is 5.32 Å². The molecule has 0 atom stereocenters. The van der Waals surface area contributed by atoms with E-state index in [4.69, 9.17) is 28.4 Å². The minimum absolute atomic E-state index is 0.189. The Hall–Kier alpha value is -2.24. The van der Waals surface area contributed by atoms with Crippen molar-refractivity contribution in [2.45, 2.75) is 26.2 Å². The largest absolute Gasteiger partial charge is 0.469 e. The highest BCUT2D eigenvalue weighted by Crippen LogP contribution is 2.10. The van der Waals surface area contributed by atoms with Crippen LogP contribution in [-0.2, 0) is 38.0 Å². The second-order valence-electron chi connectivity index (χ2n) is 7.38. The Morgan fingerprint density at radius 3 is 1.69 bits per heavy atom. The molecule has 0 aliphatic rings. The van der Waals surface area contributed by atoms with Gasteiger partial charge in [0.1, 0.15) is 6.61 Å². The SMILES string of the molecule is CCCCNc1ccc(C(=O)OCCOCCOCCOCCOCCOCCC(=O)OC)cc1. The van der Waals surface area contributed by atoms with Gasteiger partial charge in [0.05, 0.1) is 85.2 Å². The summed E-state index contributed by atoms with van der Waals surface area (Å²) in [7, 11) is 1.35. The number of anilines is 1. The Morgan fingerprint density at radius 1 is 0.714 bits per heavy atom.